The number of hydrogen-bond donors (Lipinski definition) is 2. The standard InChI is InChI=1S/C22H25N5O2/c1-2-23-22(25-14-18-7-8-20-21(12-18)29-16-28-20)24-13-17-5-3-6-19(11-17)15-27-10-4-9-26-27/h3-12H,2,13-16H2,1H3,(H2,23,24,25). The average Bonchev–Trinajstić information content (AvgIpc) is 3.42. The quantitative estimate of drug-likeness (QED) is 0.479. The van der Waals surface area contributed by atoms with Crippen molar-refractivity contribution >= 4 is 5.96 Å². The van der Waals surface area contributed by atoms with Crippen LogP contribution in [0.5, 0.6) is 11.5 Å². The van der Waals surface area contributed by atoms with E-state index in [9.17, 15) is 0 Å². The van der Waals surface area contributed by atoms with E-state index in [0.717, 1.165) is 41.7 Å². The van der Waals surface area contributed by atoms with Crippen molar-refractivity contribution in [2.45, 2.75) is 26.6 Å². The largest absolute Gasteiger partial charge is 0.454 e. The molecule has 0 amide bonds. The number of aliphatic imine (C=N–C) groups is 1. The van der Waals surface area contributed by atoms with Crippen molar-refractivity contribution in [1.82, 2.24) is 20.4 Å². The van der Waals surface area contributed by atoms with Crippen molar-refractivity contribution in [3.63, 3.8) is 0 Å². The second kappa shape index (κ2) is 9.14. The first-order valence-electron chi connectivity index (χ1n) is 9.76. The minimum Gasteiger partial charge on any atom is -0.454 e. The van der Waals surface area contributed by atoms with Gasteiger partial charge in [0, 0.05) is 25.5 Å². The summed E-state index contributed by atoms with van der Waals surface area (Å²) in [6.07, 6.45) is 3.76. The summed E-state index contributed by atoms with van der Waals surface area (Å²) in [4.78, 5) is 4.73. The number of nitrogens with one attached hydrogen (secondary N) is 2. The SMILES string of the molecule is CCNC(=NCc1cccc(Cn2cccn2)c1)NCc1ccc2c(c1)OCO2. The Balaban J connectivity index is 1.38. The maximum absolute atomic E-state index is 5.45. The maximum atomic E-state index is 5.45. The van der Waals surface area contributed by atoms with Gasteiger partial charge in [0.25, 0.3) is 0 Å². The van der Waals surface area contributed by atoms with E-state index >= 15 is 0 Å². The highest BCUT2D eigenvalue weighted by Crippen LogP contribution is 2.32. The second-order valence-corrected chi connectivity index (χ2v) is 6.76. The summed E-state index contributed by atoms with van der Waals surface area (Å²) in [6, 6.07) is 16.3. The predicted molar refractivity (Wildman–Crippen MR) is 112 cm³/mol. The molecule has 150 valence electrons. The van der Waals surface area contributed by atoms with Gasteiger partial charge in [-0.25, -0.2) is 4.99 Å². The molecule has 0 saturated carbocycles. The molecule has 0 atom stereocenters. The Hall–Kier alpha value is -3.48. The molecule has 0 spiro atoms. The molecule has 0 radical (unpaired) electrons. The summed E-state index contributed by atoms with van der Waals surface area (Å²) in [7, 11) is 0. The second-order valence-electron chi connectivity index (χ2n) is 6.76. The summed E-state index contributed by atoms with van der Waals surface area (Å²) < 4.78 is 12.7. The van der Waals surface area contributed by atoms with E-state index in [1.807, 2.05) is 35.1 Å². The Bertz CT molecular complexity index is 969. The van der Waals surface area contributed by atoms with Crippen molar-refractivity contribution in [3.05, 3.63) is 77.6 Å². The Morgan fingerprint density at radius 1 is 1.03 bits per heavy atom. The van der Waals surface area contributed by atoms with Crippen LogP contribution in [0.3, 0.4) is 0 Å². The van der Waals surface area contributed by atoms with Crippen molar-refractivity contribution in [2.24, 2.45) is 4.99 Å². The van der Waals surface area contributed by atoms with Crippen LogP contribution in [0.2, 0.25) is 0 Å². The van der Waals surface area contributed by atoms with Crippen LogP contribution < -0.4 is 20.1 Å². The molecule has 0 unspecified atom stereocenters. The van der Waals surface area contributed by atoms with E-state index in [0.29, 0.717) is 13.1 Å². The molecule has 29 heavy (non-hydrogen) atoms. The van der Waals surface area contributed by atoms with Crippen LogP contribution in [0, 0.1) is 0 Å². The van der Waals surface area contributed by atoms with Crippen LogP contribution in [0.1, 0.15) is 23.6 Å². The third-order valence-electron chi connectivity index (χ3n) is 4.56. The van der Waals surface area contributed by atoms with Gasteiger partial charge in [0.15, 0.2) is 17.5 Å². The van der Waals surface area contributed by atoms with Crippen molar-refractivity contribution in [1.29, 1.82) is 0 Å². The van der Waals surface area contributed by atoms with Crippen LogP contribution in [0.4, 0.5) is 0 Å². The van der Waals surface area contributed by atoms with Crippen molar-refractivity contribution in [3.8, 4) is 11.5 Å². The van der Waals surface area contributed by atoms with E-state index < -0.39 is 0 Å². The highest BCUT2D eigenvalue weighted by molar-refractivity contribution is 5.79. The molecule has 3 aromatic rings. The molecular weight excluding hydrogens is 366 g/mol. The van der Waals surface area contributed by atoms with E-state index in [-0.39, 0.29) is 6.79 Å². The van der Waals surface area contributed by atoms with Crippen LogP contribution in [0.25, 0.3) is 0 Å². The number of nitrogens with zero attached hydrogens (tertiary/aromatic N) is 3. The van der Waals surface area contributed by atoms with E-state index in [1.54, 1.807) is 6.20 Å². The Morgan fingerprint density at radius 2 is 1.93 bits per heavy atom. The van der Waals surface area contributed by atoms with Crippen LogP contribution >= 0.6 is 0 Å². The zero-order valence-electron chi connectivity index (χ0n) is 16.5. The number of hydrogen-bond acceptors (Lipinski definition) is 4. The average molecular weight is 391 g/mol. The predicted octanol–water partition coefficient (Wildman–Crippen LogP) is 2.92. The van der Waals surface area contributed by atoms with Gasteiger partial charge in [-0.1, -0.05) is 30.3 Å². The summed E-state index contributed by atoms with van der Waals surface area (Å²) >= 11 is 0. The first kappa shape index (κ1) is 18.9. The number of benzene rings is 2. The van der Waals surface area contributed by atoms with Gasteiger partial charge >= 0.3 is 0 Å². The van der Waals surface area contributed by atoms with E-state index in [4.69, 9.17) is 14.5 Å². The molecule has 2 heterocycles. The van der Waals surface area contributed by atoms with Gasteiger partial charge in [0.2, 0.25) is 6.79 Å². The molecule has 0 fully saturated rings. The minimum atomic E-state index is 0.287. The van der Waals surface area contributed by atoms with E-state index in [1.165, 1.54) is 5.56 Å². The molecule has 0 saturated heterocycles. The first-order chi connectivity index (χ1) is 14.3. The topological polar surface area (TPSA) is 72.7 Å². The summed E-state index contributed by atoms with van der Waals surface area (Å²) in [6.45, 7) is 5.16. The number of aromatic nitrogens is 2. The number of rotatable bonds is 7. The van der Waals surface area contributed by atoms with Crippen LogP contribution in [-0.4, -0.2) is 29.1 Å². The smallest absolute Gasteiger partial charge is 0.231 e. The molecule has 4 rings (SSSR count). The normalized spacial score (nSPS) is 12.8. The summed E-state index contributed by atoms with van der Waals surface area (Å²) in [5, 5.41) is 10.9. The monoisotopic (exact) mass is 391 g/mol. The van der Waals surface area contributed by atoms with Gasteiger partial charge < -0.3 is 20.1 Å². The molecule has 1 aliphatic heterocycles. The Labute approximate surface area is 170 Å². The fourth-order valence-electron chi connectivity index (χ4n) is 3.16. The van der Waals surface area contributed by atoms with Gasteiger partial charge in [-0.15, -0.1) is 0 Å². The summed E-state index contributed by atoms with van der Waals surface area (Å²) in [5.74, 6) is 2.37. The third kappa shape index (κ3) is 5.07. The molecule has 7 heteroatoms. The first-order valence-corrected chi connectivity index (χ1v) is 9.76. The van der Waals surface area contributed by atoms with Gasteiger partial charge in [-0.3, -0.25) is 4.68 Å². The molecule has 7 nitrogen and oxygen atoms in total. The lowest BCUT2D eigenvalue weighted by Gasteiger charge is -2.12. The van der Waals surface area contributed by atoms with E-state index in [2.05, 4.69) is 46.9 Å². The molecule has 0 bridgehead atoms. The van der Waals surface area contributed by atoms with Crippen LogP contribution in [0.15, 0.2) is 65.9 Å². The Kier molecular flexibility index (Phi) is 5.95. The highest BCUT2D eigenvalue weighted by atomic mass is 16.7. The van der Waals surface area contributed by atoms with Crippen LogP contribution in [-0.2, 0) is 19.6 Å². The molecule has 1 aromatic heterocycles. The number of guanidine groups is 1. The number of ether oxygens (including phenoxy) is 2. The van der Waals surface area contributed by atoms with Gasteiger partial charge in [-0.2, -0.15) is 5.10 Å². The lowest BCUT2D eigenvalue weighted by Crippen LogP contribution is -2.36. The summed E-state index contributed by atoms with van der Waals surface area (Å²) in [5.41, 5.74) is 3.48. The fourth-order valence-corrected chi connectivity index (χ4v) is 3.16. The van der Waals surface area contributed by atoms with Gasteiger partial charge in [0.05, 0.1) is 13.1 Å². The molecule has 0 aliphatic carbocycles. The van der Waals surface area contributed by atoms with Crippen molar-refractivity contribution in [2.75, 3.05) is 13.3 Å². The zero-order valence-corrected chi connectivity index (χ0v) is 16.5. The Morgan fingerprint density at radius 3 is 2.79 bits per heavy atom. The highest BCUT2D eigenvalue weighted by Gasteiger charge is 2.13. The van der Waals surface area contributed by atoms with Gasteiger partial charge in [-0.05, 0) is 41.8 Å². The number of fused-ring (bicyclic) bond motifs is 1. The minimum absolute atomic E-state index is 0.287. The maximum Gasteiger partial charge on any atom is 0.231 e. The molecule has 1 aliphatic rings. The lowest BCUT2D eigenvalue weighted by atomic mass is 10.1. The molecule has 2 aromatic carbocycles. The van der Waals surface area contributed by atoms with Gasteiger partial charge in [0.1, 0.15) is 0 Å². The molecule has 2 N–H and O–H groups in total. The zero-order chi connectivity index (χ0) is 19.9. The fraction of sp³-hybridized carbons (Fsp3) is 0.273. The molecular formula is C22H25N5O2. The third-order valence-corrected chi connectivity index (χ3v) is 4.56. The lowest BCUT2D eigenvalue weighted by molar-refractivity contribution is 0.174. The van der Waals surface area contributed by atoms with Crippen molar-refractivity contribution < 1.29 is 9.47 Å².